The summed E-state index contributed by atoms with van der Waals surface area (Å²) in [6, 6.07) is 4.41. The standard InChI is InChI=1S/C14H17ClFN3O/c1-3-17-13(20)6-7-19-12-8-10(16)4-5-11(12)18-14(19)9(2)15/h4-5,8-9H,3,6-7H2,1-2H3,(H,17,20). The Hall–Kier alpha value is -1.62. The molecule has 0 saturated heterocycles. The van der Waals surface area contributed by atoms with E-state index in [0.717, 1.165) is 0 Å². The van der Waals surface area contributed by atoms with Crippen LogP contribution in [0.2, 0.25) is 0 Å². The molecular formula is C14H17ClFN3O. The van der Waals surface area contributed by atoms with E-state index < -0.39 is 0 Å². The van der Waals surface area contributed by atoms with Gasteiger partial charge >= 0.3 is 0 Å². The number of nitrogens with zero attached hydrogens (tertiary/aromatic N) is 2. The summed E-state index contributed by atoms with van der Waals surface area (Å²) in [7, 11) is 0. The number of benzene rings is 1. The quantitative estimate of drug-likeness (QED) is 0.862. The van der Waals surface area contributed by atoms with E-state index in [1.54, 1.807) is 6.07 Å². The Morgan fingerprint density at radius 3 is 2.95 bits per heavy atom. The number of rotatable bonds is 5. The minimum atomic E-state index is -0.328. The number of carbonyl (C=O) groups is 1. The Morgan fingerprint density at radius 1 is 1.55 bits per heavy atom. The van der Waals surface area contributed by atoms with E-state index in [1.165, 1.54) is 12.1 Å². The third-order valence-corrected chi connectivity index (χ3v) is 3.23. The Kier molecular flexibility index (Phi) is 4.60. The van der Waals surface area contributed by atoms with Crippen molar-refractivity contribution in [2.45, 2.75) is 32.2 Å². The molecule has 1 heterocycles. The molecule has 108 valence electrons. The number of halogens is 2. The van der Waals surface area contributed by atoms with Crippen LogP contribution < -0.4 is 5.32 Å². The second-order valence-electron chi connectivity index (χ2n) is 4.57. The highest BCUT2D eigenvalue weighted by atomic mass is 35.5. The van der Waals surface area contributed by atoms with Crippen LogP contribution in [0.25, 0.3) is 11.0 Å². The number of fused-ring (bicyclic) bond motifs is 1. The summed E-state index contributed by atoms with van der Waals surface area (Å²) in [5, 5.41) is 2.43. The zero-order valence-corrected chi connectivity index (χ0v) is 12.2. The van der Waals surface area contributed by atoms with Gasteiger partial charge in [0.15, 0.2) is 0 Å². The molecule has 0 aliphatic rings. The summed E-state index contributed by atoms with van der Waals surface area (Å²) in [6.45, 7) is 4.70. The average molecular weight is 298 g/mol. The van der Waals surface area contributed by atoms with Crippen molar-refractivity contribution in [2.75, 3.05) is 6.54 Å². The lowest BCUT2D eigenvalue weighted by Gasteiger charge is -2.10. The highest BCUT2D eigenvalue weighted by molar-refractivity contribution is 6.20. The van der Waals surface area contributed by atoms with Crippen molar-refractivity contribution in [3.05, 3.63) is 29.8 Å². The van der Waals surface area contributed by atoms with Crippen molar-refractivity contribution in [3.8, 4) is 0 Å². The van der Waals surface area contributed by atoms with Crippen molar-refractivity contribution < 1.29 is 9.18 Å². The number of nitrogens with one attached hydrogen (secondary N) is 1. The van der Waals surface area contributed by atoms with E-state index in [4.69, 9.17) is 11.6 Å². The molecule has 1 amide bonds. The summed E-state index contributed by atoms with van der Waals surface area (Å²) in [5.74, 6) is 0.279. The van der Waals surface area contributed by atoms with Crippen LogP contribution in [0.5, 0.6) is 0 Å². The molecule has 20 heavy (non-hydrogen) atoms. The zero-order chi connectivity index (χ0) is 14.7. The smallest absolute Gasteiger partial charge is 0.221 e. The molecule has 2 aromatic rings. The molecule has 1 aromatic carbocycles. The van der Waals surface area contributed by atoms with Crippen molar-refractivity contribution in [1.82, 2.24) is 14.9 Å². The van der Waals surface area contributed by atoms with Gasteiger partial charge < -0.3 is 9.88 Å². The van der Waals surface area contributed by atoms with Gasteiger partial charge in [-0.05, 0) is 32.0 Å². The fourth-order valence-electron chi connectivity index (χ4n) is 2.15. The summed E-state index contributed by atoms with van der Waals surface area (Å²) < 4.78 is 15.2. The van der Waals surface area contributed by atoms with Crippen LogP contribution in [0.1, 0.15) is 31.5 Å². The Bertz CT molecular complexity index is 624. The van der Waals surface area contributed by atoms with Gasteiger partial charge in [-0.3, -0.25) is 4.79 Å². The first kappa shape index (κ1) is 14.8. The van der Waals surface area contributed by atoms with Crippen LogP contribution in [0.4, 0.5) is 4.39 Å². The van der Waals surface area contributed by atoms with E-state index in [0.29, 0.717) is 36.4 Å². The Balaban J connectivity index is 2.35. The van der Waals surface area contributed by atoms with Gasteiger partial charge in [0.1, 0.15) is 11.6 Å². The fraction of sp³-hybridized carbons (Fsp3) is 0.429. The molecule has 1 aromatic heterocycles. The maximum absolute atomic E-state index is 13.4. The van der Waals surface area contributed by atoms with Crippen LogP contribution in [-0.2, 0) is 11.3 Å². The summed E-state index contributed by atoms with van der Waals surface area (Å²) >= 11 is 6.12. The lowest BCUT2D eigenvalue weighted by molar-refractivity contribution is -0.121. The van der Waals surface area contributed by atoms with Gasteiger partial charge in [0.05, 0.1) is 16.4 Å². The topological polar surface area (TPSA) is 46.9 Å². The molecule has 2 rings (SSSR count). The Labute approximate surface area is 121 Å². The van der Waals surface area contributed by atoms with Gasteiger partial charge in [-0.1, -0.05) is 0 Å². The maximum Gasteiger partial charge on any atom is 0.221 e. The zero-order valence-electron chi connectivity index (χ0n) is 11.5. The first-order chi connectivity index (χ1) is 9.52. The van der Waals surface area contributed by atoms with E-state index in [2.05, 4.69) is 10.3 Å². The fourth-order valence-corrected chi connectivity index (χ4v) is 2.32. The third kappa shape index (κ3) is 3.10. The molecule has 0 spiro atoms. The van der Waals surface area contributed by atoms with Crippen LogP contribution in [0, 0.1) is 5.82 Å². The predicted octanol–water partition coefficient (Wildman–Crippen LogP) is 3.00. The second-order valence-corrected chi connectivity index (χ2v) is 5.23. The van der Waals surface area contributed by atoms with E-state index >= 15 is 0 Å². The first-order valence-electron chi connectivity index (χ1n) is 6.59. The lowest BCUT2D eigenvalue weighted by atomic mass is 10.3. The van der Waals surface area contributed by atoms with Crippen molar-refractivity contribution in [3.63, 3.8) is 0 Å². The molecule has 0 bridgehead atoms. The van der Waals surface area contributed by atoms with E-state index in [-0.39, 0.29) is 17.1 Å². The lowest BCUT2D eigenvalue weighted by Crippen LogP contribution is -2.24. The number of aromatic nitrogens is 2. The largest absolute Gasteiger partial charge is 0.356 e. The molecule has 1 N–H and O–H groups in total. The number of amides is 1. The first-order valence-corrected chi connectivity index (χ1v) is 7.03. The average Bonchev–Trinajstić information content (AvgIpc) is 2.75. The van der Waals surface area contributed by atoms with Gasteiger partial charge in [-0.2, -0.15) is 0 Å². The van der Waals surface area contributed by atoms with Crippen molar-refractivity contribution in [2.24, 2.45) is 0 Å². The van der Waals surface area contributed by atoms with Crippen LogP contribution in [0.3, 0.4) is 0 Å². The SMILES string of the molecule is CCNC(=O)CCn1c(C(C)Cl)nc2ccc(F)cc21. The normalized spacial score (nSPS) is 12.6. The molecule has 0 aliphatic carbocycles. The molecule has 0 saturated carbocycles. The molecule has 4 nitrogen and oxygen atoms in total. The van der Waals surface area contributed by atoms with Crippen LogP contribution in [0.15, 0.2) is 18.2 Å². The van der Waals surface area contributed by atoms with Gasteiger partial charge in [0, 0.05) is 19.5 Å². The molecule has 0 fully saturated rings. The van der Waals surface area contributed by atoms with Gasteiger partial charge in [-0.25, -0.2) is 9.37 Å². The highest BCUT2D eigenvalue weighted by Crippen LogP contribution is 2.25. The second kappa shape index (κ2) is 6.22. The van der Waals surface area contributed by atoms with Crippen molar-refractivity contribution >= 4 is 28.5 Å². The number of hydrogen-bond acceptors (Lipinski definition) is 2. The van der Waals surface area contributed by atoms with Crippen molar-refractivity contribution in [1.29, 1.82) is 0 Å². The minimum absolute atomic E-state index is 0.0427. The summed E-state index contributed by atoms with van der Waals surface area (Å²) in [5.41, 5.74) is 1.35. The van der Waals surface area contributed by atoms with E-state index in [9.17, 15) is 9.18 Å². The highest BCUT2D eigenvalue weighted by Gasteiger charge is 2.16. The monoisotopic (exact) mass is 297 g/mol. The summed E-state index contributed by atoms with van der Waals surface area (Å²) in [6.07, 6.45) is 0.312. The van der Waals surface area contributed by atoms with Crippen LogP contribution >= 0.6 is 11.6 Å². The third-order valence-electron chi connectivity index (χ3n) is 3.03. The molecule has 0 radical (unpaired) electrons. The molecule has 1 atom stereocenters. The van der Waals surface area contributed by atoms with Gasteiger partial charge in [0.2, 0.25) is 5.91 Å². The number of imidazole rings is 1. The molecule has 1 unspecified atom stereocenters. The number of hydrogen-bond donors (Lipinski definition) is 1. The molecule has 6 heteroatoms. The van der Waals surface area contributed by atoms with Gasteiger partial charge in [0.25, 0.3) is 0 Å². The van der Waals surface area contributed by atoms with Crippen LogP contribution in [-0.4, -0.2) is 22.0 Å². The maximum atomic E-state index is 13.4. The molecular weight excluding hydrogens is 281 g/mol. The minimum Gasteiger partial charge on any atom is -0.356 e. The Morgan fingerprint density at radius 2 is 2.30 bits per heavy atom. The number of carbonyl (C=O) groups excluding carboxylic acids is 1. The molecule has 0 aliphatic heterocycles. The van der Waals surface area contributed by atoms with Gasteiger partial charge in [-0.15, -0.1) is 11.6 Å². The number of alkyl halides is 1. The number of aryl methyl sites for hydroxylation is 1. The van der Waals surface area contributed by atoms with E-state index in [1.807, 2.05) is 18.4 Å². The summed E-state index contributed by atoms with van der Waals surface area (Å²) in [4.78, 5) is 16.0. The predicted molar refractivity (Wildman–Crippen MR) is 77.3 cm³/mol.